The number of H-pyrrole nitrogens is 1. The average molecular weight is 213 g/mol. The molecule has 0 saturated heterocycles. The maximum Gasteiger partial charge on any atom is 0.0971 e. The van der Waals surface area contributed by atoms with E-state index in [2.05, 4.69) is 22.3 Å². The molecule has 0 spiro atoms. The summed E-state index contributed by atoms with van der Waals surface area (Å²) >= 11 is 0. The number of hydrogen-bond acceptors (Lipinski definition) is 2. The summed E-state index contributed by atoms with van der Waals surface area (Å²) in [4.78, 5) is 0. The molecule has 3 nitrogen and oxygen atoms in total. The maximum absolute atomic E-state index is 6.17. The van der Waals surface area contributed by atoms with Crippen molar-refractivity contribution in [1.29, 1.82) is 0 Å². The smallest absolute Gasteiger partial charge is 0.0971 e. The van der Waals surface area contributed by atoms with Crippen LogP contribution in [0.4, 0.5) is 0 Å². The van der Waals surface area contributed by atoms with Crippen LogP contribution in [0.1, 0.15) is 30.1 Å². The SMILES string of the molecule is N[C@H]1CCCc2[nH]nc(-c3ccccc3)c21. The molecule has 82 valence electrons. The zero-order valence-corrected chi connectivity index (χ0v) is 9.11. The van der Waals surface area contributed by atoms with Gasteiger partial charge in [0.25, 0.3) is 0 Å². The van der Waals surface area contributed by atoms with E-state index >= 15 is 0 Å². The number of rotatable bonds is 1. The number of hydrogen-bond donors (Lipinski definition) is 2. The molecule has 0 aliphatic heterocycles. The Bertz CT molecular complexity index is 487. The molecular formula is C13H15N3. The number of nitrogens with one attached hydrogen (secondary N) is 1. The molecule has 0 fully saturated rings. The Labute approximate surface area is 94.7 Å². The molecule has 1 aliphatic carbocycles. The third kappa shape index (κ3) is 1.44. The quantitative estimate of drug-likeness (QED) is 0.764. The lowest BCUT2D eigenvalue weighted by Gasteiger charge is -2.18. The molecule has 0 bridgehead atoms. The van der Waals surface area contributed by atoms with E-state index < -0.39 is 0 Å². The third-order valence-electron chi connectivity index (χ3n) is 3.24. The first-order chi connectivity index (χ1) is 7.86. The minimum absolute atomic E-state index is 0.137. The second-order valence-corrected chi connectivity index (χ2v) is 4.33. The van der Waals surface area contributed by atoms with Crippen molar-refractivity contribution >= 4 is 0 Å². The lowest BCUT2D eigenvalue weighted by Crippen LogP contribution is -2.17. The van der Waals surface area contributed by atoms with Crippen molar-refractivity contribution in [2.75, 3.05) is 0 Å². The van der Waals surface area contributed by atoms with E-state index in [0.29, 0.717) is 0 Å². The molecule has 3 rings (SSSR count). The molecule has 0 amide bonds. The molecule has 0 unspecified atom stereocenters. The van der Waals surface area contributed by atoms with Crippen LogP contribution in [-0.2, 0) is 6.42 Å². The highest BCUT2D eigenvalue weighted by atomic mass is 15.1. The Morgan fingerprint density at radius 1 is 1.25 bits per heavy atom. The van der Waals surface area contributed by atoms with Crippen LogP contribution in [0.5, 0.6) is 0 Å². The fourth-order valence-electron chi connectivity index (χ4n) is 2.44. The predicted octanol–water partition coefficient (Wildman–Crippen LogP) is 2.41. The van der Waals surface area contributed by atoms with Gasteiger partial charge in [-0.15, -0.1) is 0 Å². The Kier molecular flexibility index (Phi) is 2.26. The summed E-state index contributed by atoms with van der Waals surface area (Å²) in [6, 6.07) is 10.4. The molecule has 2 aromatic rings. The summed E-state index contributed by atoms with van der Waals surface area (Å²) in [6.45, 7) is 0. The van der Waals surface area contributed by atoms with Gasteiger partial charge in [0.05, 0.1) is 5.69 Å². The van der Waals surface area contributed by atoms with Crippen LogP contribution in [-0.4, -0.2) is 10.2 Å². The lowest BCUT2D eigenvalue weighted by molar-refractivity contribution is 0.567. The molecule has 0 saturated carbocycles. The summed E-state index contributed by atoms with van der Waals surface area (Å²) in [7, 11) is 0. The van der Waals surface area contributed by atoms with Crippen molar-refractivity contribution < 1.29 is 0 Å². The first-order valence-electron chi connectivity index (χ1n) is 5.74. The molecule has 1 aromatic heterocycles. The van der Waals surface area contributed by atoms with Gasteiger partial charge in [-0.1, -0.05) is 30.3 Å². The highest BCUT2D eigenvalue weighted by molar-refractivity contribution is 5.65. The summed E-state index contributed by atoms with van der Waals surface area (Å²) in [5, 5.41) is 7.54. The molecule has 3 heteroatoms. The monoisotopic (exact) mass is 213 g/mol. The van der Waals surface area contributed by atoms with E-state index in [0.717, 1.165) is 30.5 Å². The number of benzene rings is 1. The standard InChI is InChI=1S/C13H15N3/c14-10-7-4-8-11-12(10)13(16-15-11)9-5-2-1-3-6-9/h1-3,5-6,10H,4,7-8,14H2,(H,15,16)/t10-/m0/s1. The molecule has 0 radical (unpaired) electrons. The normalized spacial score (nSPS) is 19.4. The van der Waals surface area contributed by atoms with Gasteiger partial charge in [0.2, 0.25) is 0 Å². The summed E-state index contributed by atoms with van der Waals surface area (Å²) in [5.74, 6) is 0. The average Bonchev–Trinajstić information content (AvgIpc) is 2.75. The number of fused-ring (bicyclic) bond motifs is 1. The molecular weight excluding hydrogens is 198 g/mol. The second-order valence-electron chi connectivity index (χ2n) is 4.33. The van der Waals surface area contributed by atoms with Crippen LogP contribution in [0, 0.1) is 0 Å². The van der Waals surface area contributed by atoms with Gasteiger partial charge in [0.15, 0.2) is 0 Å². The largest absolute Gasteiger partial charge is 0.324 e. The number of aromatic nitrogens is 2. The Balaban J connectivity index is 2.13. The lowest BCUT2D eigenvalue weighted by atomic mass is 9.90. The molecule has 16 heavy (non-hydrogen) atoms. The van der Waals surface area contributed by atoms with Crippen LogP contribution < -0.4 is 5.73 Å². The van der Waals surface area contributed by atoms with Crippen LogP contribution in [0.15, 0.2) is 30.3 Å². The van der Waals surface area contributed by atoms with Crippen molar-refractivity contribution in [3.8, 4) is 11.3 Å². The van der Waals surface area contributed by atoms with Gasteiger partial charge >= 0.3 is 0 Å². The van der Waals surface area contributed by atoms with E-state index in [4.69, 9.17) is 5.73 Å². The summed E-state index contributed by atoms with van der Waals surface area (Å²) in [6.07, 6.45) is 3.29. The van der Waals surface area contributed by atoms with Gasteiger partial charge in [-0.2, -0.15) is 5.10 Å². The van der Waals surface area contributed by atoms with Crippen LogP contribution in [0.2, 0.25) is 0 Å². The Morgan fingerprint density at radius 3 is 2.88 bits per heavy atom. The Hall–Kier alpha value is -1.61. The van der Waals surface area contributed by atoms with Crippen molar-refractivity contribution in [3.05, 3.63) is 41.6 Å². The third-order valence-corrected chi connectivity index (χ3v) is 3.24. The van der Waals surface area contributed by atoms with Gasteiger partial charge in [0.1, 0.15) is 0 Å². The summed E-state index contributed by atoms with van der Waals surface area (Å²) in [5.41, 5.74) is 10.8. The number of nitrogens with zero attached hydrogens (tertiary/aromatic N) is 1. The predicted molar refractivity (Wildman–Crippen MR) is 63.9 cm³/mol. The number of aryl methyl sites for hydroxylation is 1. The summed E-state index contributed by atoms with van der Waals surface area (Å²) < 4.78 is 0. The van der Waals surface area contributed by atoms with Gasteiger partial charge in [-0.3, -0.25) is 5.10 Å². The van der Waals surface area contributed by atoms with Crippen molar-refractivity contribution in [3.63, 3.8) is 0 Å². The molecule has 1 heterocycles. The molecule has 1 aliphatic rings. The second kappa shape index (κ2) is 3.76. The van der Waals surface area contributed by atoms with Gasteiger partial charge in [0, 0.05) is 22.9 Å². The van der Waals surface area contributed by atoms with Gasteiger partial charge in [-0.25, -0.2) is 0 Å². The van der Waals surface area contributed by atoms with Crippen LogP contribution in [0.3, 0.4) is 0 Å². The number of nitrogens with two attached hydrogens (primary N) is 1. The van der Waals surface area contributed by atoms with E-state index in [-0.39, 0.29) is 6.04 Å². The molecule has 3 N–H and O–H groups in total. The molecule has 1 aromatic carbocycles. The maximum atomic E-state index is 6.17. The zero-order valence-electron chi connectivity index (χ0n) is 9.11. The number of aromatic amines is 1. The Morgan fingerprint density at radius 2 is 2.06 bits per heavy atom. The highest BCUT2D eigenvalue weighted by Crippen LogP contribution is 2.34. The van der Waals surface area contributed by atoms with E-state index in [1.807, 2.05) is 18.2 Å². The topological polar surface area (TPSA) is 54.7 Å². The van der Waals surface area contributed by atoms with Gasteiger partial charge in [-0.05, 0) is 19.3 Å². The van der Waals surface area contributed by atoms with Gasteiger partial charge < -0.3 is 5.73 Å². The minimum Gasteiger partial charge on any atom is -0.324 e. The van der Waals surface area contributed by atoms with Crippen LogP contribution >= 0.6 is 0 Å². The fourth-order valence-corrected chi connectivity index (χ4v) is 2.44. The first kappa shape index (κ1) is 9.60. The molecule has 1 atom stereocenters. The fraction of sp³-hybridized carbons (Fsp3) is 0.308. The zero-order chi connectivity index (χ0) is 11.0. The highest BCUT2D eigenvalue weighted by Gasteiger charge is 2.23. The van der Waals surface area contributed by atoms with Crippen molar-refractivity contribution in [1.82, 2.24) is 10.2 Å². The van der Waals surface area contributed by atoms with Crippen LogP contribution in [0.25, 0.3) is 11.3 Å². The van der Waals surface area contributed by atoms with E-state index in [9.17, 15) is 0 Å². The van der Waals surface area contributed by atoms with E-state index in [1.165, 1.54) is 11.3 Å². The van der Waals surface area contributed by atoms with E-state index in [1.54, 1.807) is 0 Å². The van der Waals surface area contributed by atoms with Crippen molar-refractivity contribution in [2.45, 2.75) is 25.3 Å². The first-order valence-corrected chi connectivity index (χ1v) is 5.74. The minimum atomic E-state index is 0.137. The van der Waals surface area contributed by atoms with Crippen molar-refractivity contribution in [2.24, 2.45) is 5.73 Å².